The number of aliphatic imine (C=N–C) groups is 1. The third kappa shape index (κ3) is 17.1. The van der Waals surface area contributed by atoms with E-state index in [4.69, 9.17) is 17.2 Å². The molecule has 0 aliphatic rings. The molecule has 390 valence electrons. The Kier molecular flexibility index (Phi) is 22.0. The predicted octanol–water partition coefficient (Wildman–Crippen LogP) is -1.15. The lowest BCUT2D eigenvalue weighted by Crippen LogP contribution is -2.65. The lowest BCUT2D eigenvalue weighted by atomic mass is 9.91. The minimum atomic E-state index is -3.60. The topological polar surface area (TPSA) is 393 Å². The van der Waals surface area contributed by atoms with Crippen molar-refractivity contribution in [3.63, 3.8) is 0 Å². The molecule has 4 rings (SSSR count). The molecule has 0 spiro atoms. The van der Waals surface area contributed by atoms with Gasteiger partial charge in [0, 0.05) is 61.2 Å². The number of esters is 1. The van der Waals surface area contributed by atoms with Crippen molar-refractivity contribution >= 4 is 64.3 Å². The number of rotatable bonds is 31. The lowest BCUT2D eigenvalue weighted by Gasteiger charge is -2.34. The molecule has 2 aromatic carbocycles. The van der Waals surface area contributed by atoms with E-state index in [1.54, 1.807) is 48.7 Å². The summed E-state index contributed by atoms with van der Waals surface area (Å²) in [5.41, 5.74) is 15.7. The number of guanidine groups is 1. The van der Waals surface area contributed by atoms with E-state index in [9.17, 15) is 57.4 Å². The number of carboxylic acids is 2. The molecule has 1 unspecified atom stereocenters. The minimum Gasteiger partial charge on any atom is -0.481 e. The number of para-hydroxylation sites is 1. The van der Waals surface area contributed by atoms with E-state index in [0.717, 1.165) is 18.0 Å². The summed E-state index contributed by atoms with van der Waals surface area (Å²) < 4.78 is 33.9. The highest BCUT2D eigenvalue weighted by atomic mass is 19.3. The van der Waals surface area contributed by atoms with Crippen LogP contribution in [0.4, 0.5) is 8.78 Å². The van der Waals surface area contributed by atoms with Crippen molar-refractivity contribution < 1.29 is 62.1 Å². The maximum atomic E-state index is 14.6. The zero-order valence-electron chi connectivity index (χ0n) is 39.3. The number of amides is 5. The molecule has 0 aliphatic heterocycles. The Bertz CT molecular complexity index is 2490. The van der Waals surface area contributed by atoms with Crippen LogP contribution in [0.15, 0.2) is 78.3 Å². The number of carboxylic acid groups (broad SMARTS) is 2. The van der Waals surface area contributed by atoms with Gasteiger partial charge in [-0.15, -0.1) is 0 Å². The van der Waals surface area contributed by atoms with Crippen molar-refractivity contribution in [1.82, 2.24) is 46.9 Å². The molecule has 6 atom stereocenters. The van der Waals surface area contributed by atoms with Gasteiger partial charge in [0.15, 0.2) is 11.5 Å². The number of benzene rings is 2. The molecule has 24 nitrogen and oxygen atoms in total. The first kappa shape index (κ1) is 56.6. The number of aliphatic carboxylic acids is 2. The number of imidazole rings is 1. The van der Waals surface area contributed by atoms with Gasteiger partial charge in [0.1, 0.15) is 30.7 Å². The van der Waals surface area contributed by atoms with Gasteiger partial charge in [-0.25, -0.2) is 18.6 Å². The molecule has 2 aromatic heterocycles. The molecule has 72 heavy (non-hydrogen) atoms. The maximum absolute atomic E-state index is 14.6. The van der Waals surface area contributed by atoms with Crippen molar-refractivity contribution in [2.75, 3.05) is 26.7 Å². The Morgan fingerprint density at radius 1 is 0.764 bits per heavy atom. The number of hydrogen-bond acceptors (Lipinski definition) is 13. The Morgan fingerprint density at radius 3 is 1.97 bits per heavy atom. The van der Waals surface area contributed by atoms with E-state index in [1.807, 2.05) is 12.1 Å². The van der Waals surface area contributed by atoms with Crippen LogP contribution in [0.2, 0.25) is 0 Å². The van der Waals surface area contributed by atoms with Crippen molar-refractivity contribution in [1.29, 1.82) is 0 Å². The van der Waals surface area contributed by atoms with Gasteiger partial charge in [0.05, 0.1) is 19.5 Å². The van der Waals surface area contributed by atoms with Gasteiger partial charge in [0.2, 0.25) is 29.5 Å². The zero-order chi connectivity index (χ0) is 52.8. The Labute approximate surface area is 411 Å². The number of fused-ring (bicyclic) bond motifs is 1. The third-order valence-corrected chi connectivity index (χ3v) is 11.4. The number of H-pyrrole nitrogens is 2. The molecule has 0 radical (unpaired) electrons. The van der Waals surface area contributed by atoms with Crippen molar-refractivity contribution in [3.8, 4) is 0 Å². The first-order valence-electron chi connectivity index (χ1n) is 22.8. The summed E-state index contributed by atoms with van der Waals surface area (Å²) in [6.07, 6.45) is -2.44. The van der Waals surface area contributed by atoms with E-state index in [-0.39, 0.29) is 63.3 Å². The van der Waals surface area contributed by atoms with Crippen molar-refractivity contribution in [2.24, 2.45) is 22.2 Å². The fourth-order valence-corrected chi connectivity index (χ4v) is 7.57. The van der Waals surface area contributed by atoms with Crippen LogP contribution < -0.4 is 49.1 Å². The number of carbonyl (C=O) groups excluding carboxylic acids is 6. The number of ether oxygens (including phenoxy) is 1. The van der Waals surface area contributed by atoms with Crippen LogP contribution in [0.1, 0.15) is 55.3 Å². The first-order valence-corrected chi connectivity index (χ1v) is 22.8. The largest absolute Gasteiger partial charge is 0.481 e. The van der Waals surface area contributed by atoms with Gasteiger partial charge in [-0.05, 0) is 55.8 Å². The number of nitrogens with two attached hydrogens (primary N) is 3. The summed E-state index contributed by atoms with van der Waals surface area (Å²) in [7, 11) is 1.13. The smallest absolute Gasteiger partial charge is 0.329 e. The van der Waals surface area contributed by atoms with Crippen LogP contribution in [-0.2, 0) is 62.4 Å². The SMILES string of the molecule is COC(=O)CNC(=O)[C@H](Cc1c[nH]c2ccccc12)NC(=O)[C@H](CCCN=C(N)N)NC(=O)[C@H](Cc1ccccc1)NC(=O)[C@H](Cc1cnc[nH]1)NC(=O)[C@H](CCC(=O)O)NC(CCCN)(C(=O)O)C(F)F. The average Bonchev–Trinajstić information content (AvgIpc) is 4.03. The van der Waals surface area contributed by atoms with Gasteiger partial charge in [-0.2, -0.15) is 0 Å². The second-order valence-electron chi connectivity index (χ2n) is 16.6. The molecule has 4 aromatic rings. The van der Waals surface area contributed by atoms with Crippen LogP contribution in [-0.4, -0.2) is 147 Å². The summed E-state index contributed by atoms with van der Waals surface area (Å²) in [5.74, 6) is -9.26. The summed E-state index contributed by atoms with van der Waals surface area (Å²) in [4.78, 5) is 121. The number of alkyl halides is 2. The minimum absolute atomic E-state index is 0.0137. The van der Waals surface area contributed by atoms with E-state index in [2.05, 4.69) is 56.6 Å². The number of nitrogens with one attached hydrogen (secondary N) is 8. The normalized spacial score (nSPS) is 14.1. The molecule has 0 saturated heterocycles. The van der Waals surface area contributed by atoms with Crippen LogP contribution in [0.5, 0.6) is 0 Å². The van der Waals surface area contributed by atoms with Gasteiger partial charge in [-0.1, -0.05) is 48.5 Å². The molecule has 2 heterocycles. The number of hydrogen-bond donors (Lipinski definition) is 13. The van der Waals surface area contributed by atoms with Gasteiger partial charge in [0.25, 0.3) is 6.43 Å². The number of aromatic amines is 2. The molecular formula is C46H61F2N13O11. The number of halogens is 2. The molecule has 0 aliphatic carbocycles. The quantitative estimate of drug-likeness (QED) is 0.0123. The second-order valence-corrected chi connectivity index (χ2v) is 16.6. The van der Waals surface area contributed by atoms with Crippen LogP contribution in [0, 0.1) is 0 Å². The lowest BCUT2D eigenvalue weighted by molar-refractivity contribution is -0.154. The van der Waals surface area contributed by atoms with Gasteiger partial charge >= 0.3 is 17.9 Å². The van der Waals surface area contributed by atoms with E-state index in [0.29, 0.717) is 11.1 Å². The highest BCUT2D eigenvalue weighted by molar-refractivity contribution is 5.97. The van der Waals surface area contributed by atoms with Gasteiger partial charge in [-0.3, -0.25) is 43.9 Å². The molecule has 0 bridgehead atoms. The number of aromatic nitrogens is 3. The number of nitrogens with zero attached hydrogens (tertiary/aromatic N) is 2. The highest BCUT2D eigenvalue weighted by Gasteiger charge is 2.49. The van der Waals surface area contributed by atoms with Crippen LogP contribution in [0.25, 0.3) is 10.9 Å². The van der Waals surface area contributed by atoms with Crippen LogP contribution in [0.3, 0.4) is 0 Å². The summed E-state index contributed by atoms with van der Waals surface area (Å²) >= 11 is 0. The van der Waals surface area contributed by atoms with Crippen LogP contribution >= 0.6 is 0 Å². The molecular weight excluding hydrogens is 949 g/mol. The average molecular weight is 1010 g/mol. The van der Waals surface area contributed by atoms with Crippen molar-refractivity contribution in [2.45, 2.75) is 100.0 Å². The summed E-state index contributed by atoms with van der Waals surface area (Å²) in [5, 5.41) is 35.2. The molecule has 5 amide bonds. The highest BCUT2D eigenvalue weighted by Crippen LogP contribution is 2.25. The number of methoxy groups -OCH3 is 1. The maximum Gasteiger partial charge on any atom is 0.329 e. The monoisotopic (exact) mass is 1010 g/mol. The fraction of sp³-hybridized carbons (Fsp3) is 0.435. The fourth-order valence-electron chi connectivity index (χ4n) is 7.57. The molecule has 0 fully saturated rings. The second kappa shape index (κ2) is 28.0. The van der Waals surface area contributed by atoms with Crippen molar-refractivity contribution in [3.05, 3.63) is 90.1 Å². The first-order chi connectivity index (χ1) is 34.4. The molecule has 26 heteroatoms. The van der Waals surface area contributed by atoms with E-state index < -0.39 is 115 Å². The predicted molar refractivity (Wildman–Crippen MR) is 256 cm³/mol. The Balaban J connectivity index is 1.69. The zero-order valence-corrected chi connectivity index (χ0v) is 39.3. The van der Waals surface area contributed by atoms with E-state index >= 15 is 0 Å². The standard InChI is InChI=1S/C46H61F2N13O11/c1-72-37(64)24-55-38(65)34(20-27-22-54-30-12-6-5-11-29(27)30)59-39(66)31(13-7-18-53-45(50)51)57-41(68)33(19-26-9-3-2-4-10-26)58-42(69)35(21-28-23-52-25-56-28)60-40(67)32(14-15-36(62)63)61-46(43(47)48,44(70)71)16-8-17-49/h2-6,9-12,22-23,25,31-35,43,54,61H,7-8,13-21,24,49H2,1H3,(H,52,56)(H,55,65)(H,57,68)(H,58,69)(H,59,66)(H,60,67)(H,62,63)(H,70,71)(H4,50,51,53)/t31-,32-,33-,34-,35-,46?/m0/s1. The van der Waals surface area contributed by atoms with Gasteiger partial charge < -0.3 is 68.7 Å². The molecule has 0 saturated carbocycles. The summed E-state index contributed by atoms with van der Waals surface area (Å²) in [6.45, 7) is -0.700. The Morgan fingerprint density at radius 2 is 1.38 bits per heavy atom. The molecule has 16 N–H and O–H groups in total. The summed E-state index contributed by atoms with van der Waals surface area (Å²) in [6, 6.07) is 7.73. The third-order valence-electron chi connectivity index (χ3n) is 11.4. The Hall–Kier alpha value is -8.00. The van der Waals surface area contributed by atoms with E-state index in [1.165, 1.54) is 12.5 Å². The number of carbonyl (C=O) groups is 8.